The molecule has 1 unspecified atom stereocenters. The predicted molar refractivity (Wildman–Crippen MR) is 127 cm³/mol. The van der Waals surface area contributed by atoms with Crippen molar-refractivity contribution < 1.29 is 19.1 Å². The maximum Gasteiger partial charge on any atom is 0.306 e. The van der Waals surface area contributed by atoms with Gasteiger partial charge in [0, 0.05) is 31.5 Å². The molecule has 1 heterocycles. The fourth-order valence-electron chi connectivity index (χ4n) is 3.70. The van der Waals surface area contributed by atoms with E-state index in [2.05, 4.69) is 5.32 Å². The van der Waals surface area contributed by atoms with Crippen molar-refractivity contribution in [1.82, 2.24) is 10.2 Å². The van der Waals surface area contributed by atoms with Gasteiger partial charge in [0.05, 0.1) is 12.5 Å². The third kappa shape index (κ3) is 7.75. The van der Waals surface area contributed by atoms with Crippen LogP contribution in [0.3, 0.4) is 0 Å². The van der Waals surface area contributed by atoms with Crippen LogP contribution in [0.15, 0.2) is 66.7 Å². The van der Waals surface area contributed by atoms with E-state index in [1.165, 1.54) is 0 Å². The summed E-state index contributed by atoms with van der Waals surface area (Å²) >= 11 is 5.90. The van der Waals surface area contributed by atoms with Gasteiger partial charge in [-0.25, -0.2) is 0 Å². The molecule has 6 nitrogen and oxygen atoms in total. The first-order valence-corrected chi connectivity index (χ1v) is 11.5. The molecule has 0 fully saturated rings. The van der Waals surface area contributed by atoms with Crippen LogP contribution >= 0.6 is 11.6 Å². The number of halogens is 1. The first kappa shape index (κ1) is 24.5. The number of nitrogens with one attached hydrogen (secondary N) is 1. The molecule has 0 aliphatic carbocycles. The van der Waals surface area contributed by atoms with E-state index in [0.717, 1.165) is 11.1 Å². The van der Waals surface area contributed by atoms with Gasteiger partial charge in [-0.2, -0.15) is 0 Å². The Hall–Kier alpha value is -3.12. The van der Waals surface area contributed by atoms with E-state index in [9.17, 15) is 14.4 Å². The number of hydrogen-bond donors (Lipinski definition) is 1. The molecule has 0 saturated heterocycles. The van der Waals surface area contributed by atoms with Gasteiger partial charge >= 0.3 is 5.97 Å². The number of cyclic esters (lactones) is 1. The van der Waals surface area contributed by atoms with Crippen LogP contribution in [0, 0.1) is 5.92 Å². The van der Waals surface area contributed by atoms with Crippen LogP contribution in [0.4, 0.5) is 0 Å². The Morgan fingerprint density at radius 2 is 1.82 bits per heavy atom. The summed E-state index contributed by atoms with van der Waals surface area (Å²) in [4.78, 5) is 39.7. The van der Waals surface area contributed by atoms with Gasteiger partial charge in [0.25, 0.3) is 0 Å². The van der Waals surface area contributed by atoms with E-state index in [-0.39, 0.29) is 37.2 Å². The molecule has 1 aliphatic rings. The average Bonchev–Trinajstić information content (AvgIpc) is 2.81. The molecular formula is C26H29ClN2O4. The van der Waals surface area contributed by atoms with E-state index in [1.54, 1.807) is 24.1 Å². The highest BCUT2D eigenvalue weighted by Gasteiger charge is 2.27. The third-order valence-corrected chi connectivity index (χ3v) is 5.80. The number of ether oxygens (including phenoxy) is 1. The van der Waals surface area contributed by atoms with E-state index >= 15 is 0 Å². The molecule has 1 aliphatic heterocycles. The number of nitrogens with zero attached hydrogens (tertiary/aromatic N) is 1. The second-order valence-corrected chi connectivity index (χ2v) is 8.59. The van der Waals surface area contributed by atoms with Gasteiger partial charge in [0.2, 0.25) is 11.8 Å². The zero-order valence-electron chi connectivity index (χ0n) is 18.7. The van der Waals surface area contributed by atoms with Crippen molar-refractivity contribution in [2.45, 2.75) is 38.3 Å². The molecule has 0 aromatic heterocycles. The Morgan fingerprint density at radius 3 is 2.55 bits per heavy atom. The molecule has 3 rings (SSSR count). The number of allylic oxidation sites excluding steroid dienone is 2. The first-order chi connectivity index (χ1) is 15.9. The monoisotopic (exact) mass is 468 g/mol. The number of hydrogen-bond acceptors (Lipinski definition) is 4. The van der Waals surface area contributed by atoms with Gasteiger partial charge in [-0.05, 0) is 36.1 Å². The lowest BCUT2D eigenvalue weighted by atomic mass is 9.97. The summed E-state index contributed by atoms with van der Waals surface area (Å²) < 4.78 is 5.68. The van der Waals surface area contributed by atoms with Gasteiger partial charge in [0.15, 0.2) is 0 Å². The summed E-state index contributed by atoms with van der Waals surface area (Å²) in [5.41, 5.74) is 1.76. The molecule has 33 heavy (non-hydrogen) atoms. The predicted octanol–water partition coefficient (Wildman–Crippen LogP) is 4.45. The van der Waals surface area contributed by atoms with E-state index in [1.807, 2.05) is 54.6 Å². The molecule has 0 saturated carbocycles. The van der Waals surface area contributed by atoms with Crippen LogP contribution in [0.1, 0.15) is 42.9 Å². The lowest BCUT2D eigenvalue weighted by Gasteiger charge is -2.28. The molecular weight excluding hydrogens is 440 g/mol. The van der Waals surface area contributed by atoms with Crippen LogP contribution in [-0.4, -0.2) is 36.3 Å². The van der Waals surface area contributed by atoms with Gasteiger partial charge in [-0.1, -0.05) is 66.2 Å². The summed E-state index contributed by atoms with van der Waals surface area (Å²) in [7, 11) is 1.68. The molecule has 2 amide bonds. The summed E-state index contributed by atoms with van der Waals surface area (Å²) in [5, 5.41) is 3.52. The SMILES string of the molecule is CN1CC(c2ccccc2)OC(=O)CC/C=C/C[C@@H](CC(=O)NCc2ccc(Cl)cc2)C1=O. The van der Waals surface area contributed by atoms with Gasteiger partial charge < -0.3 is 15.0 Å². The van der Waals surface area contributed by atoms with Crippen molar-refractivity contribution in [2.24, 2.45) is 5.92 Å². The Balaban J connectivity index is 1.68. The number of esters is 1. The minimum Gasteiger partial charge on any atom is -0.456 e. The highest BCUT2D eigenvalue weighted by atomic mass is 35.5. The van der Waals surface area contributed by atoms with Crippen LogP contribution in [0.25, 0.3) is 0 Å². The van der Waals surface area contributed by atoms with E-state index in [0.29, 0.717) is 24.4 Å². The van der Waals surface area contributed by atoms with Crippen LogP contribution in [0.2, 0.25) is 5.02 Å². The van der Waals surface area contributed by atoms with Crippen LogP contribution in [-0.2, 0) is 25.7 Å². The number of carbonyl (C=O) groups is 3. The minimum absolute atomic E-state index is 0.0803. The second kappa shape index (κ2) is 12.2. The smallest absolute Gasteiger partial charge is 0.306 e. The van der Waals surface area contributed by atoms with Crippen molar-refractivity contribution >= 4 is 29.4 Å². The fraction of sp³-hybridized carbons (Fsp3) is 0.346. The normalized spacial score (nSPS) is 20.8. The number of benzene rings is 2. The second-order valence-electron chi connectivity index (χ2n) is 8.16. The topological polar surface area (TPSA) is 75.7 Å². The highest BCUT2D eigenvalue weighted by Crippen LogP contribution is 2.23. The molecule has 0 spiro atoms. The number of likely N-dealkylation sites (N-methyl/N-ethyl adjacent to an activating group) is 1. The zero-order chi connectivity index (χ0) is 23.6. The highest BCUT2D eigenvalue weighted by molar-refractivity contribution is 6.30. The largest absolute Gasteiger partial charge is 0.456 e. The van der Waals surface area contributed by atoms with Crippen molar-refractivity contribution in [1.29, 1.82) is 0 Å². The minimum atomic E-state index is -0.560. The summed E-state index contributed by atoms with van der Waals surface area (Å²) in [6.45, 7) is 0.593. The number of carbonyl (C=O) groups excluding carboxylic acids is 3. The number of rotatable bonds is 5. The molecule has 7 heteroatoms. The van der Waals surface area contributed by atoms with Crippen molar-refractivity contribution in [3.8, 4) is 0 Å². The quantitative estimate of drug-likeness (QED) is 0.519. The first-order valence-electron chi connectivity index (χ1n) is 11.1. The Morgan fingerprint density at radius 1 is 1.09 bits per heavy atom. The zero-order valence-corrected chi connectivity index (χ0v) is 19.5. The third-order valence-electron chi connectivity index (χ3n) is 5.55. The van der Waals surface area contributed by atoms with Crippen molar-refractivity contribution in [3.05, 3.63) is 82.9 Å². The van der Waals surface area contributed by atoms with Crippen molar-refractivity contribution in [2.75, 3.05) is 13.6 Å². The maximum atomic E-state index is 13.2. The summed E-state index contributed by atoms with van der Waals surface area (Å²) in [6.07, 6.45) is 4.48. The van der Waals surface area contributed by atoms with Gasteiger partial charge in [-0.15, -0.1) is 0 Å². The fourth-order valence-corrected chi connectivity index (χ4v) is 3.82. The Kier molecular flexibility index (Phi) is 9.07. The van der Waals surface area contributed by atoms with Crippen LogP contribution < -0.4 is 5.32 Å². The van der Waals surface area contributed by atoms with E-state index < -0.39 is 12.0 Å². The average molecular weight is 469 g/mol. The summed E-state index contributed by atoms with van der Waals surface area (Å²) in [5.74, 6) is -1.14. The van der Waals surface area contributed by atoms with E-state index in [4.69, 9.17) is 16.3 Å². The number of amides is 2. The molecule has 1 N–H and O–H groups in total. The molecule has 174 valence electrons. The van der Waals surface area contributed by atoms with Crippen molar-refractivity contribution in [3.63, 3.8) is 0 Å². The summed E-state index contributed by atoms with van der Waals surface area (Å²) in [6, 6.07) is 16.6. The van der Waals surface area contributed by atoms with Crippen LogP contribution in [0.5, 0.6) is 0 Å². The molecule has 2 atom stereocenters. The van der Waals surface area contributed by atoms with Gasteiger partial charge in [0.1, 0.15) is 6.10 Å². The Bertz CT molecular complexity index is 976. The lowest BCUT2D eigenvalue weighted by molar-refractivity contribution is -0.152. The molecule has 0 radical (unpaired) electrons. The van der Waals surface area contributed by atoms with Gasteiger partial charge in [-0.3, -0.25) is 14.4 Å². The molecule has 2 aromatic carbocycles. The lowest BCUT2D eigenvalue weighted by Crippen LogP contribution is -2.39. The molecule has 0 bridgehead atoms. The maximum absolute atomic E-state index is 13.2. The molecule has 2 aromatic rings. The Labute approximate surface area is 199 Å². The standard InChI is InChI=1S/C26H29ClN2O4/c1-29-18-23(20-8-4-2-5-9-20)33-25(31)11-7-3-6-10-21(26(29)32)16-24(30)28-17-19-12-14-22(27)15-13-19/h2-6,8-9,12-15,21,23H,7,10-11,16-18H2,1H3,(H,28,30)/b6-3+/t21-,23?/m0/s1.